The Kier molecular flexibility index (Phi) is 8.66. The molecule has 10 nitrogen and oxygen atoms in total. The van der Waals surface area contributed by atoms with Crippen molar-refractivity contribution in [1.82, 2.24) is 9.21 Å². The van der Waals surface area contributed by atoms with Crippen LogP contribution in [0.15, 0.2) is 75.1 Å². The highest BCUT2D eigenvalue weighted by molar-refractivity contribution is 7.92. The second kappa shape index (κ2) is 11.6. The van der Waals surface area contributed by atoms with Crippen LogP contribution in [0.4, 0.5) is 5.69 Å². The van der Waals surface area contributed by atoms with Crippen molar-refractivity contribution in [3.8, 4) is 5.75 Å². The van der Waals surface area contributed by atoms with Crippen molar-refractivity contribution < 1.29 is 31.5 Å². The average molecular weight is 594 g/mol. The maximum atomic E-state index is 13.6. The number of nitrogens with zero attached hydrogens (tertiary/aromatic N) is 2. The third-order valence-corrected chi connectivity index (χ3v) is 11.2. The van der Waals surface area contributed by atoms with Gasteiger partial charge in [-0.1, -0.05) is 37.3 Å². The molecule has 13 heteroatoms. The Balaban J connectivity index is 1.77. The number of carbonyl (C=O) groups excluding carboxylic acids is 1. The Labute approximate surface area is 232 Å². The summed E-state index contributed by atoms with van der Waals surface area (Å²) in [6.07, 6.45) is -0.757. The maximum Gasteiger partial charge on any atom is 0.262 e. The number of benzene rings is 2. The first-order valence-electron chi connectivity index (χ1n) is 12.2. The van der Waals surface area contributed by atoms with E-state index in [0.717, 1.165) is 11.3 Å². The van der Waals surface area contributed by atoms with Gasteiger partial charge in [0.2, 0.25) is 0 Å². The molecule has 39 heavy (non-hydrogen) atoms. The van der Waals surface area contributed by atoms with Crippen LogP contribution >= 0.6 is 11.3 Å². The summed E-state index contributed by atoms with van der Waals surface area (Å²) in [5.41, 5.74) is 0.147. The van der Waals surface area contributed by atoms with Gasteiger partial charge in [0, 0.05) is 19.5 Å². The van der Waals surface area contributed by atoms with Gasteiger partial charge in [0.25, 0.3) is 26.0 Å². The van der Waals surface area contributed by atoms with E-state index < -0.39 is 38.1 Å². The lowest BCUT2D eigenvalue weighted by Crippen LogP contribution is -2.50. The Morgan fingerprint density at radius 3 is 2.46 bits per heavy atom. The van der Waals surface area contributed by atoms with Gasteiger partial charge in [0.05, 0.1) is 35.3 Å². The second-order valence-electron chi connectivity index (χ2n) is 9.44. The van der Waals surface area contributed by atoms with E-state index in [9.17, 15) is 26.7 Å². The lowest BCUT2D eigenvalue weighted by atomic mass is 9.99. The predicted octanol–water partition coefficient (Wildman–Crippen LogP) is 3.09. The van der Waals surface area contributed by atoms with Crippen LogP contribution in [0.25, 0.3) is 0 Å². The molecular weight excluding hydrogens is 563 g/mol. The number of amides is 1. The largest absolute Gasteiger partial charge is 0.486 e. The summed E-state index contributed by atoms with van der Waals surface area (Å²) in [5, 5.41) is 11.5. The number of rotatable bonds is 9. The number of hydrogen-bond acceptors (Lipinski definition) is 8. The first-order chi connectivity index (χ1) is 18.5. The van der Waals surface area contributed by atoms with E-state index in [1.54, 1.807) is 36.6 Å². The van der Waals surface area contributed by atoms with Gasteiger partial charge >= 0.3 is 0 Å². The van der Waals surface area contributed by atoms with Crippen LogP contribution in [0.1, 0.15) is 24.2 Å². The third-order valence-electron chi connectivity index (χ3n) is 6.59. The van der Waals surface area contributed by atoms with Crippen LogP contribution in [-0.4, -0.2) is 75.9 Å². The SMILES string of the molecule is C[C@H]1CN([C@@H](C)CO)C(=O)c2cccc(NS(=O)(=O)c3ccccc3)c2O[C@@H]1CN(C)S(=O)(=O)c1cccs1. The zero-order chi connectivity index (χ0) is 28.4. The molecule has 2 N–H and O–H groups in total. The van der Waals surface area contributed by atoms with E-state index in [2.05, 4.69) is 4.72 Å². The quantitative estimate of drug-likeness (QED) is 0.390. The van der Waals surface area contributed by atoms with Gasteiger partial charge in [-0.05, 0) is 42.6 Å². The fourth-order valence-electron chi connectivity index (χ4n) is 4.26. The molecule has 4 rings (SSSR count). The van der Waals surface area contributed by atoms with Crippen molar-refractivity contribution in [3.05, 3.63) is 71.6 Å². The van der Waals surface area contributed by atoms with Gasteiger partial charge in [-0.2, -0.15) is 4.31 Å². The van der Waals surface area contributed by atoms with E-state index in [1.165, 1.54) is 52.7 Å². The molecule has 0 radical (unpaired) electrons. The predicted molar refractivity (Wildman–Crippen MR) is 149 cm³/mol. The summed E-state index contributed by atoms with van der Waals surface area (Å²) < 4.78 is 62.8. The number of nitrogens with one attached hydrogen (secondary N) is 1. The number of ether oxygens (including phenoxy) is 1. The summed E-state index contributed by atoms with van der Waals surface area (Å²) in [6, 6.07) is 15.0. The van der Waals surface area contributed by atoms with Crippen LogP contribution in [0.2, 0.25) is 0 Å². The molecule has 210 valence electrons. The fourth-order valence-corrected chi connectivity index (χ4v) is 7.73. The average Bonchev–Trinajstić information content (AvgIpc) is 3.47. The number of para-hydroxylation sites is 1. The number of thiophene rings is 1. The van der Waals surface area contributed by atoms with Crippen LogP contribution < -0.4 is 9.46 Å². The van der Waals surface area contributed by atoms with Gasteiger partial charge in [-0.15, -0.1) is 11.3 Å². The monoisotopic (exact) mass is 593 g/mol. The molecule has 0 aliphatic carbocycles. The van der Waals surface area contributed by atoms with E-state index in [4.69, 9.17) is 4.74 Å². The molecule has 3 atom stereocenters. The molecule has 0 unspecified atom stereocenters. The molecule has 0 saturated heterocycles. The number of aliphatic hydroxyl groups is 1. The van der Waals surface area contributed by atoms with Crippen molar-refractivity contribution in [2.45, 2.75) is 35.1 Å². The number of aliphatic hydroxyl groups excluding tert-OH is 1. The Morgan fingerprint density at radius 2 is 1.82 bits per heavy atom. The molecule has 0 saturated carbocycles. The van der Waals surface area contributed by atoms with Gasteiger partial charge in [0.1, 0.15) is 10.3 Å². The number of hydrogen-bond donors (Lipinski definition) is 2. The molecule has 3 aromatic rings. The Bertz CT molecular complexity index is 1510. The number of likely N-dealkylation sites (N-methyl/N-ethyl adjacent to an activating group) is 1. The van der Waals surface area contributed by atoms with Crippen molar-refractivity contribution >= 4 is 43.0 Å². The molecule has 1 aromatic heterocycles. The van der Waals surface area contributed by atoms with Crippen molar-refractivity contribution in [3.63, 3.8) is 0 Å². The molecule has 1 aliphatic rings. The topological polar surface area (TPSA) is 133 Å². The summed E-state index contributed by atoms with van der Waals surface area (Å²) in [4.78, 5) is 15.2. The fraction of sp³-hybridized carbons (Fsp3) is 0.346. The minimum atomic E-state index is -4.03. The van der Waals surface area contributed by atoms with Crippen molar-refractivity contribution in [2.75, 3.05) is 31.5 Å². The van der Waals surface area contributed by atoms with Gasteiger partial charge in [0.15, 0.2) is 5.75 Å². The van der Waals surface area contributed by atoms with E-state index in [1.807, 2.05) is 6.92 Å². The number of anilines is 1. The van der Waals surface area contributed by atoms with Crippen LogP contribution in [0, 0.1) is 5.92 Å². The zero-order valence-corrected chi connectivity index (χ0v) is 24.2. The number of carbonyl (C=O) groups is 1. The lowest BCUT2D eigenvalue weighted by molar-refractivity contribution is 0.0389. The Hall–Kier alpha value is -2.97. The van der Waals surface area contributed by atoms with Gasteiger partial charge in [-0.25, -0.2) is 16.8 Å². The van der Waals surface area contributed by atoms with E-state index in [0.29, 0.717) is 0 Å². The number of fused-ring (bicyclic) bond motifs is 1. The summed E-state index contributed by atoms with van der Waals surface area (Å²) in [7, 11) is -6.37. The molecule has 2 heterocycles. The summed E-state index contributed by atoms with van der Waals surface area (Å²) in [5.74, 6) is -0.816. The minimum Gasteiger partial charge on any atom is -0.486 e. The van der Waals surface area contributed by atoms with Crippen molar-refractivity contribution in [1.29, 1.82) is 0 Å². The van der Waals surface area contributed by atoms with Gasteiger partial charge in [-0.3, -0.25) is 9.52 Å². The van der Waals surface area contributed by atoms with Gasteiger partial charge < -0.3 is 14.7 Å². The molecular formula is C26H31N3O7S3. The van der Waals surface area contributed by atoms with Crippen LogP contribution in [0.5, 0.6) is 5.75 Å². The van der Waals surface area contributed by atoms with Crippen LogP contribution in [0.3, 0.4) is 0 Å². The van der Waals surface area contributed by atoms with E-state index >= 15 is 0 Å². The Morgan fingerprint density at radius 1 is 1.10 bits per heavy atom. The third kappa shape index (κ3) is 6.12. The highest BCUT2D eigenvalue weighted by Gasteiger charge is 2.36. The molecule has 0 fully saturated rings. The molecule has 0 bridgehead atoms. The highest BCUT2D eigenvalue weighted by Crippen LogP contribution is 2.36. The molecule has 1 amide bonds. The summed E-state index contributed by atoms with van der Waals surface area (Å²) in [6.45, 7) is 3.37. The lowest BCUT2D eigenvalue weighted by Gasteiger charge is -2.38. The van der Waals surface area contributed by atoms with E-state index in [-0.39, 0.29) is 51.7 Å². The standard InChI is InChI=1S/C26H31N3O7S3/c1-18-15-29(19(2)17-30)26(31)21-11-7-12-22(27-38(32,33)20-9-5-4-6-10-20)25(21)36-23(18)16-28(3)39(34,35)24-13-8-14-37-24/h4-14,18-19,23,27,30H,15-17H2,1-3H3/t18-,19-,23+/m0/s1. The first kappa shape index (κ1) is 29.0. The molecule has 1 aliphatic heterocycles. The zero-order valence-electron chi connectivity index (χ0n) is 21.7. The smallest absolute Gasteiger partial charge is 0.262 e. The van der Waals surface area contributed by atoms with Crippen molar-refractivity contribution in [2.24, 2.45) is 5.92 Å². The highest BCUT2D eigenvalue weighted by atomic mass is 32.2. The minimum absolute atomic E-state index is 0.00406. The maximum absolute atomic E-state index is 13.6. The molecule has 2 aromatic carbocycles. The number of sulfonamides is 2. The molecule has 0 spiro atoms. The summed E-state index contributed by atoms with van der Waals surface area (Å²) >= 11 is 1.10. The first-order valence-corrected chi connectivity index (χ1v) is 16.0. The van der Waals surface area contributed by atoms with Crippen LogP contribution in [-0.2, 0) is 20.0 Å². The second-order valence-corrected chi connectivity index (χ2v) is 14.3. The normalized spacial score (nSPS) is 19.1.